The van der Waals surface area contributed by atoms with Gasteiger partial charge in [-0.05, 0) is 13.0 Å². The molecule has 0 amide bonds. The van der Waals surface area contributed by atoms with Gasteiger partial charge in [-0.2, -0.15) is 5.26 Å². The van der Waals surface area contributed by atoms with Crippen molar-refractivity contribution in [1.29, 1.82) is 5.26 Å². The topological polar surface area (TPSA) is 75.9 Å². The fourth-order valence-corrected chi connectivity index (χ4v) is 1.13. The van der Waals surface area contributed by atoms with Crippen molar-refractivity contribution in [2.75, 3.05) is 6.61 Å². The fraction of sp³-hybridized carbons (Fsp3) is 0.333. The second-order valence-corrected chi connectivity index (χ2v) is 2.97. The zero-order chi connectivity index (χ0) is 11.3. The van der Waals surface area contributed by atoms with Gasteiger partial charge in [0.05, 0.1) is 18.4 Å². The van der Waals surface area contributed by atoms with Gasteiger partial charge in [0.25, 0.3) is 0 Å². The first-order chi connectivity index (χ1) is 7.19. The number of nitriles is 1. The van der Waals surface area contributed by atoms with Gasteiger partial charge >= 0.3 is 5.97 Å². The minimum atomic E-state index is -1.05. The molecule has 0 N–H and O–H groups in total. The first kappa shape index (κ1) is 11.4. The van der Waals surface area contributed by atoms with Crippen LogP contribution in [0.2, 0.25) is 5.15 Å². The normalized spacial score (nSPS) is 11.5. The minimum absolute atomic E-state index is 0.185. The molecule has 0 aromatic carbocycles. The number of ether oxygens (including phenoxy) is 1. The molecule has 1 atom stereocenters. The molecule has 5 nitrogen and oxygen atoms in total. The highest BCUT2D eigenvalue weighted by Gasteiger charge is 2.23. The Morgan fingerprint density at radius 1 is 1.73 bits per heavy atom. The molecule has 1 heterocycles. The molecule has 0 bridgehead atoms. The lowest BCUT2D eigenvalue weighted by atomic mass is 10.1. The van der Waals surface area contributed by atoms with E-state index in [0.29, 0.717) is 0 Å². The Hall–Kier alpha value is -1.67. The first-order valence-electron chi connectivity index (χ1n) is 4.22. The van der Waals surface area contributed by atoms with E-state index in [2.05, 4.69) is 9.97 Å². The third-order valence-electron chi connectivity index (χ3n) is 1.60. The van der Waals surface area contributed by atoms with Gasteiger partial charge in [-0.1, -0.05) is 11.6 Å². The van der Waals surface area contributed by atoms with Crippen molar-refractivity contribution in [3.63, 3.8) is 0 Å². The van der Waals surface area contributed by atoms with E-state index >= 15 is 0 Å². The van der Waals surface area contributed by atoms with E-state index in [1.807, 2.05) is 0 Å². The van der Waals surface area contributed by atoms with Crippen LogP contribution in [-0.2, 0) is 9.53 Å². The van der Waals surface area contributed by atoms with Crippen molar-refractivity contribution in [3.8, 4) is 6.07 Å². The van der Waals surface area contributed by atoms with Gasteiger partial charge in [-0.15, -0.1) is 0 Å². The maximum atomic E-state index is 11.3. The lowest BCUT2D eigenvalue weighted by Crippen LogP contribution is -2.15. The third-order valence-corrected chi connectivity index (χ3v) is 1.81. The van der Waals surface area contributed by atoms with Crippen molar-refractivity contribution in [1.82, 2.24) is 9.97 Å². The highest BCUT2D eigenvalue weighted by Crippen LogP contribution is 2.16. The zero-order valence-corrected chi connectivity index (χ0v) is 8.73. The summed E-state index contributed by atoms with van der Waals surface area (Å²) in [7, 11) is 0. The van der Waals surface area contributed by atoms with Gasteiger partial charge in [0.15, 0.2) is 5.92 Å². The summed E-state index contributed by atoms with van der Waals surface area (Å²) in [6, 6.07) is 3.17. The van der Waals surface area contributed by atoms with E-state index in [4.69, 9.17) is 21.6 Å². The Morgan fingerprint density at radius 3 is 3.00 bits per heavy atom. The maximum Gasteiger partial charge on any atom is 0.329 e. The number of carbonyl (C=O) groups is 1. The van der Waals surface area contributed by atoms with Crippen LogP contribution in [0.25, 0.3) is 0 Å². The summed E-state index contributed by atoms with van der Waals surface area (Å²) in [5.74, 6) is -1.68. The lowest BCUT2D eigenvalue weighted by molar-refractivity contribution is -0.143. The summed E-state index contributed by atoms with van der Waals surface area (Å²) in [5, 5.41) is 9.00. The predicted octanol–water partition coefficient (Wildman–Crippen LogP) is 1.30. The Morgan fingerprint density at radius 2 is 2.47 bits per heavy atom. The Bertz CT molecular complexity index is 403. The average Bonchev–Trinajstić information content (AvgIpc) is 2.19. The summed E-state index contributed by atoms with van der Waals surface area (Å²) in [6.45, 7) is 1.88. The Labute approximate surface area is 91.7 Å². The quantitative estimate of drug-likeness (QED) is 0.573. The molecule has 0 spiro atoms. The van der Waals surface area contributed by atoms with Crippen LogP contribution >= 0.6 is 11.6 Å². The van der Waals surface area contributed by atoms with Crippen molar-refractivity contribution >= 4 is 17.6 Å². The van der Waals surface area contributed by atoms with Crippen LogP contribution in [-0.4, -0.2) is 22.5 Å². The number of hydrogen-bond donors (Lipinski definition) is 0. The number of halogens is 1. The second kappa shape index (κ2) is 5.27. The van der Waals surface area contributed by atoms with E-state index in [-0.39, 0.29) is 17.5 Å². The highest BCUT2D eigenvalue weighted by atomic mass is 35.5. The number of carbonyl (C=O) groups excluding carboxylic acids is 1. The number of esters is 1. The Balaban J connectivity index is 2.93. The van der Waals surface area contributed by atoms with Crippen molar-refractivity contribution in [3.05, 3.63) is 23.2 Å². The summed E-state index contributed by atoms with van der Waals surface area (Å²) < 4.78 is 4.72. The monoisotopic (exact) mass is 225 g/mol. The molecule has 6 heteroatoms. The molecule has 15 heavy (non-hydrogen) atoms. The second-order valence-electron chi connectivity index (χ2n) is 2.58. The molecule has 0 aliphatic carbocycles. The maximum absolute atomic E-state index is 11.3. The number of hydrogen-bond acceptors (Lipinski definition) is 5. The van der Waals surface area contributed by atoms with E-state index < -0.39 is 11.9 Å². The highest BCUT2D eigenvalue weighted by molar-refractivity contribution is 6.29. The van der Waals surface area contributed by atoms with Gasteiger partial charge < -0.3 is 4.74 Å². The van der Waals surface area contributed by atoms with Crippen molar-refractivity contribution in [2.24, 2.45) is 0 Å². The Kier molecular flexibility index (Phi) is 4.01. The predicted molar refractivity (Wildman–Crippen MR) is 52.0 cm³/mol. The van der Waals surface area contributed by atoms with Gasteiger partial charge in [0.1, 0.15) is 11.5 Å². The van der Waals surface area contributed by atoms with Crippen LogP contribution in [0.3, 0.4) is 0 Å². The smallest absolute Gasteiger partial charge is 0.329 e. The fourth-order valence-electron chi connectivity index (χ4n) is 0.970. The molecule has 78 valence electrons. The largest absolute Gasteiger partial charge is 0.465 e. The molecular weight excluding hydrogens is 218 g/mol. The molecule has 0 unspecified atom stereocenters. The molecule has 0 aliphatic rings. The van der Waals surface area contributed by atoms with E-state index in [9.17, 15) is 4.79 Å². The first-order valence-corrected chi connectivity index (χ1v) is 4.60. The van der Waals surface area contributed by atoms with Crippen LogP contribution in [0.15, 0.2) is 12.4 Å². The van der Waals surface area contributed by atoms with Gasteiger partial charge in [-0.25, -0.2) is 9.97 Å². The zero-order valence-electron chi connectivity index (χ0n) is 7.98. The summed E-state index contributed by atoms with van der Waals surface area (Å²) >= 11 is 5.62. The van der Waals surface area contributed by atoms with Crippen LogP contribution < -0.4 is 0 Å². The summed E-state index contributed by atoms with van der Waals surface area (Å²) in [6.07, 6.45) is 1.20. The van der Waals surface area contributed by atoms with Gasteiger partial charge in [-0.3, -0.25) is 4.79 Å². The van der Waals surface area contributed by atoms with Crippen molar-refractivity contribution < 1.29 is 9.53 Å². The van der Waals surface area contributed by atoms with Crippen LogP contribution in [0.5, 0.6) is 0 Å². The number of rotatable bonds is 3. The minimum Gasteiger partial charge on any atom is -0.465 e. The van der Waals surface area contributed by atoms with E-state index in [0.717, 1.165) is 0 Å². The third kappa shape index (κ3) is 2.89. The van der Waals surface area contributed by atoms with Crippen LogP contribution in [0, 0.1) is 11.3 Å². The summed E-state index contributed by atoms with van der Waals surface area (Å²) in [5.41, 5.74) is 0.246. The average molecular weight is 226 g/mol. The molecule has 1 rings (SSSR count). The SMILES string of the molecule is CCOC(=O)[C@H](C#N)c1cc(Cl)ncn1. The molecular formula is C9H8ClN3O2. The number of nitrogens with zero attached hydrogens (tertiary/aromatic N) is 3. The molecule has 0 aliphatic heterocycles. The molecule has 0 saturated carbocycles. The molecule has 0 fully saturated rings. The summed E-state index contributed by atoms with van der Waals surface area (Å²) in [4.78, 5) is 18.8. The van der Waals surface area contributed by atoms with Crippen LogP contribution in [0.4, 0.5) is 0 Å². The molecule has 1 aromatic rings. The molecule has 0 radical (unpaired) electrons. The van der Waals surface area contributed by atoms with Crippen molar-refractivity contribution in [2.45, 2.75) is 12.8 Å². The van der Waals surface area contributed by atoms with Gasteiger partial charge in [0.2, 0.25) is 0 Å². The molecule has 0 saturated heterocycles. The van der Waals surface area contributed by atoms with Crippen LogP contribution in [0.1, 0.15) is 18.5 Å². The molecule has 1 aromatic heterocycles. The van der Waals surface area contributed by atoms with E-state index in [1.54, 1.807) is 13.0 Å². The van der Waals surface area contributed by atoms with E-state index in [1.165, 1.54) is 12.4 Å². The standard InChI is InChI=1S/C9H8ClN3O2/c1-2-15-9(14)6(4-11)7-3-8(10)13-5-12-7/h3,5-6H,2H2,1H3/t6-/m1/s1. The van der Waals surface area contributed by atoms with Gasteiger partial charge in [0, 0.05) is 0 Å². The lowest BCUT2D eigenvalue weighted by Gasteiger charge is -2.06. The number of aromatic nitrogens is 2.